The minimum atomic E-state index is -0.0475. The van der Waals surface area contributed by atoms with Gasteiger partial charge in [0.1, 0.15) is 0 Å². The van der Waals surface area contributed by atoms with E-state index in [1.807, 2.05) is 0 Å². The van der Waals surface area contributed by atoms with Crippen molar-refractivity contribution < 1.29 is 4.79 Å². The summed E-state index contributed by atoms with van der Waals surface area (Å²) < 4.78 is 3.39. The second-order valence-corrected chi connectivity index (χ2v) is 8.57. The molecule has 3 rings (SSSR count). The van der Waals surface area contributed by atoms with Crippen molar-refractivity contribution in [1.82, 2.24) is 4.57 Å². The number of aromatic nitrogens is 1. The number of thiazole rings is 1. The van der Waals surface area contributed by atoms with Crippen molar-refractivity contribution >= 4 is 39.2 Å². The van der Waals surface area contributed by atoms with E-state index in [-0.39, 0.29) is 5.91 Å². The smallest absolute Gasteiger partial charge is 0.249 e. The molecule has 0 bridgehead atoms. The predicted octanol–water partition coefficient (Wildman–Crippen LogP) is 5.26. The first-order chi connectivity index (χ1) is 12.5. The zero-order chi connectivity index (χ0) is 18.7. The summed E-state index contributed by atoms with van der Waals surface area (Å²) in [6.07, 6.45) is 0.453. The van der Waals surface area contributed by atoms with Crippen LogP contribution in [-0.2, 0) is 11.3 Å². The highest BCUT2D eigenvalue weighted by Crippen LogP contribution is 2.25. The number of hydrogen-bond acceptors (Lipinski definition) is 3. The Kier molecular flexibility index (Phi) is 5.99. The summed E-state index contributed by atoms with van der Waals surface area (Å²) in [5.74, 6) is 0.703. The van der Waals surface area contributed by atoms with Crippen LogP contribution in [0.25, 0.3) is 10.2 Å². The highest BCUT2D eigenvalue weighted by atomic mass is 32.2. The van der Waals surface area contributed by atoms with E-state index in [9.17, 15) is 4.79 Å². The van der Waals surface area contributed by atoms with E-state index >= 15 is 0 Å². The molecule has 1 amide bonds. The standard InChI is InChI=1S/C21H24N2OS2/c1-5-23-19-15(3)8-9-16(4)20(19)26-21(23)22-18(24)12-13-25-17-10-6-14(2)7-11-17/h6-11H,5,12-13H2,1-4H3. The number of amides is 1. The maximum atomic E-state index is 12.4. The van der Waals surface area contributed by atoms with Crippen molar-refractivity contribution in [3.05, 3.63) is 57.9 Å². The van der Waals surface area contributed by atoms with Crippen molar-refractivity contribution in [2.75, 3.05) is 5.75 Å². The van der Waals surface area contributed by atoms with E-state index in [2.05, 4.69) is 73.7 Å². The minimum absolute atomic E-state index is 0.0475. The summed E-state index contributed by atoms with van der Waals surface area (Å²) in [6, 6.07) is 12.7. The Bertz CT molecular complexity index is 997. The Morgan fingerprint density at radius 3 is 2.46 bits per heavy atom. The minimum Gasteiger partial charge on any atom is -0.316 e. The Morgan fingerprint density at radius 1 is 1.08 bits per heavy atom. The summed E-state index contributed by atoms with van der Waals surface area (Å²) >= 11 is 3.32. The fourth-order valence-electron chi connectivity index (χ4n) is 2.91. The molecule has 0 aliphatic rings. The van der Waals surface area contributed by atoms with Gasteiger partial charge in [0.05, 0.1) is 10.2 Å². The van der Waals surface area contributed by atoms with Gasteiger partial charge in [0.25, 0.3) is 0 Å². The first-order valence-electron chi connectivity index (χ1n) is 8.86. The molecular formula is C21H24N2OS2. The van der Waals surface area contributed by atoms with Crippen molar-refractivity contribution in [1.29, 1.82) is 0 Å². The molecule has 0 saturated carbocycles. The molecule has 0 aliphatic carbocycles. The number of carbonyl (C=O) groups excluding carboxylic acids is 1. The van der Waals surface area contributed by atoms with Crippen LogP contribution < -0.4 is 4.80 Å². The number of hydrogen-bond donors (Lipinski definition) is 0. The van der Waals surface area contributed by atoms with E-state index in [1.54, 1.807) is 23.1 Å². The van der Waals surface area contributed by atoms with Gasteiger partial charge in [0, 0.05) is 23.6 Å². The number of thioether (sulfide) groups is 1. The molecule has 3 nitrogen and oxygen atoms in total. The third-order valence-electron chi connectivity index (χ3n) is 4.37. The van der Waals surface area contributed by atoms with Crippen LogP contribution in [0.5, 0.6) is 0 Å². The van der Waals surface area contributed by atoms with Crippen LogP contribution in [0, 0.1) is 20.8 Å². The molecule has 5 heteroatoms. The van der Waals surface area contributed by atoms with Gasteiger partial charge in [0.15, 0.2) is 4.80 Å². The normalized spacial score (nSPS) is 12.1. The molecule has 26 heavy (non-hydrogen) atoms. The average Bonchev–Trinajstić information content (AvgIpc) is 2.99. The van der Waals surface area contributed by atoms with Crippen molar-refractivity contribution in [3.63, 3.8) is 0 Å². The van der Waals surface area contributed by atoms with Gasteiger partial charge >= 0.3 is 0 Å². The molecule has 0 unspecified atom stereocenters. The van der Waals surface area contributed by atoms with Crippen LogP contribution in [-0.4, -0.2) is 16.2 Å². The summed E-state index contributed by atoms with van der Waals surface area (Å²) in [4.78, 5) is 18.8. The molecule has 2 aromatic carbocycles. The van der Waals surface area contributed by atoms with Gasteiger partial charge in [-0.05, 0) is 51.0 Å². The monoisotopic (exact) mass is 384 g/mol. The maximum Gasteiger partial charge on any atom is 0.249 e. The summed E-state index contributed by atoms with van der Waals surface area (Å²) in [7, 11) is 0. The number of rotatable bonds is 5. The highest BCUT2D eigenvalue weighted by Gasteiger charge is 2.11. The van der Waals surface area contributed by atoms with E-state index < -0.39 is 0 Å². The molecule has 0 atom stereocenters. The third-order valence-corrected chi connectivity index (χ3v) is 6.59. The molecular weight excluding hydrogens is 360 g/mol. The zero-order valence-electron chi connectivity index (χ0n) is 15.7. The van der Waals surface area contributed by atoms with Gasteiger partial charge in [-0.3, -0.25) is 4.79 Å². The van der Waals surface area contributed by atoms with E-state index in [4.69, 9.17) is 0 Å². The Labute approximate surface area is 162 Å². The maximum absolute atomic E-state index is 12.4. The van der Waals surface area contributed by atoms with Gasteiger partial charge in [-0.15, -0.1) is 11.8 Å². The number of aryl methyl sites for hydroxylation is 4. The van der Waals surface area contributed by atoms with E-state index in [0.717, 1.165) is 17.1 Å². The van der Waals surface area contributed by atoms with Crippen LogP contribution in [0.3, 0.4) is 0 Å². The largest absolute Gasteiger partial charge is 0.316 e. The summed E-state index contributed by atoms with van der Waals surface area (Å²) in [6.45, 7) is 9.22. The number of benzene rings is 2. The SMILES string of the molecule is CCn1c(=NC(=O)CCSc2ccc(C)cc2)sc2c(C)ccc(C)c21. The number of fused-ring (bicyclic) bond motifs is 1. The molecule has 0 fully saturated rings. The Hall–Kier alpha value is -1.85. The van der Waals surface area contributed by atoms with Gasteiger partial charge in [0.2, 0.25) is 5.91 Å². The molecule has 0 saturated heterocycles. The van der Waals surface area contributed by atoms with Crippen molar-refractivity contribution in [2.24, 2.45) is 4.99 Å². The van der Waals surface area contributed by atoms with Gasteiger partial charge < -0.3 is 4.57 Å². The fraction of sp³-hybridized carbons (Fsp3) is 0.333. The zero-order valence-corrected chi connectivity index (χ0v) is 17.3. The summed E-state index contributed by atoms with van der Waals surface area (Å²) in [5, 5.41) is 0. The lowest BCUT2D eigenvalue weighted by Gasteiger charge is -2.04. The van der Waals surface area contributed by atoms with Crippen LogP contribution >= 0.6 is 23.1 Å². The third kappa shape index (κ3) is 4.10. The Morgan fingerprint density at radius 2 is 1.77 bits per heavy atom. The van der Waals surface area contributed by atoms with E-state index in [1.165, 1.54) is 31.8 Å². The van der Waals surface area contributed by atoms with Gasteiger partial charge in [-0.2, -0.15) is 4.99 Å². The van der Waals surface area contributed by atoms with Crippen LogP contribution in [0.4, 0.5) is 0 Å². The van der Waals surface area contributed by atoms with Gasteiger partial charge in [-0.1, -0.05) is 41.2 Å². The average molecular weight is 385 g/mol. The Balaban J connectivity index is 1.78. The first-order valence-corrected chi connectivity index (χ1v) is 10.7. The molecule has 0 spiro atoms. The van der Waals surface area contributed by atoms with Crippen LogP contribution in [0.1, 0.15) is 30.0 Å². The summed E-state index contributed by atoms with van der Waals surface area (Å²) in [5.41, 5.74) is 4.92. The lowest BCUT2D eigenvalue weighted by Crippen LogP contribution is -2.16. The second-order valence-electron chi connectivity index (χ2n) is 6.42. The van der Waals surface area contributed by atoms with Gasteiger partial charge in [-0.25, -0.2) is 0 Å². The van der Waals surface area contributed by atoms with Crippen molar-refractivity contribution in [2.45, 2.75) is 45.6 Å². The second kappa shape index (κ2) is 8.23. The molecule has 0 N–H and O–H groups in total. The molecule has 1 heterocycles. The number of carbonyl (C=O) groups is 1. The highest BCUT2D eigenvalue weighted by molar-refractivity contribution is 7.99. The molecule has 136 valence electrons. The predicted molar refractivity (Wildman–Crippen MR) is 112 cm³/mol. The fourth-order valence-corrected chi connectivity index (χ4v) is 5.01. The first kappa shape index (κ1) is 18.9. The van der Waals surface area contributed by atoms with E-state index in [0.29, 0.717) is 6.42 Å². The van der Waals surface area contributed by atoms with Crippen LogP contribution in [0.2, 0.25) is 0 Å². The lowest BCUT2D eigenvalue weighted by atomic mass is 10.1. The molecule has 1 aromatic heterocycles. The topological polar surface area (TPSA) is 34.4 Å². The van der Waals surface area contributed by atoms with Crippen molar-refractivity contribution in [3.8, 4) is 0 Å². The number of nitrogens with zero attached hydrogens (tertiary/aromatic N) is 2. The van der Waals surface area contributed by atoms with Crippen LogP contribution in [0.15, 0.2) is 46.3 Å². The molecule has 0 aliphatic heterocycles. The molecule has 3 aromatic rings. The molecule has 0 radical (unpaired) electrons. The quantitative estimate of drug-likeness (QED) is 0.563. The lowest BCUT2D eigenvalue weighted by molar-refractivity contribution is -0.117.